The fourth-order valence-electron chi connectivity index (χ4n) is 1.77. The van der Waals surface area contributed by atoms with Crippen molar-refractivity contribution in [3.05, 3.63) is 22.8 Å². The molecule has 1 atom stereocenters. The predicted octanol–water partition coefficient (Wildman–Crippen LogP) is 2.09. The fourth-order valence-corrected chi connectivity index (χ4v) is 3.18. The highest BCUT2D eigenvalue weighted by atomic mass is 79.9. The average molecular weight is 344 g/mol. The number of anilines is 1. The first-order chi connectivity index (χ1) is 9.11. The van der Waals surface area contributed by atoms with Crippen molar-refractivity contribution in [3.63, 3.8) is 0 Å². The number of aromatic nitrogens is 1. The number of thioether (sulfide) groups is 1. The van der Waals surface area contributed by atoms with E-state index in [1.165, 1.54) is 0 Å². The molecule has 19 heavy (non-hydrogen) atoms. The number of carbonyl (C=O) groups is 2. The summed E-state index contributed by atoms with van der Waals surface area (Å²) in [7, 11) is 0. The lowest BCUT2D eigenvalue weighted by Crippen LogP contribution is -2.44. The molecule has 7 heteroatoms. The molecule has 0 bridgehead atoms. The van der Waals surface area contributed by atoms with E-state index >= 15 is 0 Å². The van der Waals surface area contributed by atoms with Crippen molar-refractivity contribution in [2.24, 2.45) is 0 Å². The van der Waals surface area contributed by atoms with Gasteiger partial charge in [-0.2, -0.15) is 0 Å². The monoisotopic (exact) mass is 343 g/mol. The van der Waals surface area contributed by atoms with Crippen LogP contribution < -0.4 is 5.32 Å². The highest BCUT2D eigenvalue weighted by molar-refractivity contribution is 9.10. The van der Waals surface area contributed by atoms with Crippen molar-refractivity contribution in [2.75, 3.05) is 16.9 Å². The minimum atomic E-state index is -0.400. The summed E-state index contributed by atoms with van der Waals surface area (Å²) in [6.07, 6.45) is 2.04. The summed E-state index contributed by atoms with van der Waals surface area (Å²) in [4.78, 5) is 29.6. The van der Waals surface area contributed by atoms with Gasteiger partial charge in [0.2, 0.25) is 11.8 Å². The number of amides is 2. The average Bonchev–Trinajstić information content (AvgIpc) is 2.90. The van der Waals surface area contributed by atoms with Crippen molar-refractivity contribution >= 4 is 45.3 Å². The molecule has 1 aromatic heterocycles. The molecule has 0 spiro atoms. The van der Waals surface area contributed by atoms with Crippen LogP contribution in [0.15, 0.2) is 22.8 Å². The lowest BCUT2D eigenvalue weighted by Gasteiger charge is -2.22. The third-order valence-electron chi connectivity index (χ3n) is 2.79. The summed E-state index contributed by atoms with van der Waals surface area (Å²) in [5.74, 6) is 1.54. The van der Waals surface area contributed by atoms with Crippen LogP contribution in [0.2, 0.25) is 0 Å². The van der Waals surface area contributed by atoms with Gasteiger partial charge in [0.05, 0.1) is 5.88 Å². The third kappa shape index (κ3) is 3.48. The smallest absolute Gasteiger partial charge is 0.249 e. The standard InChI is InChI=1S/C12H14BrN3O2S/c1-2-11(17)16-7-19-6-9(16)12(18)15-10-4-3-8(13)5-14-10/h3-5,9H,2,6-7H2,1H3,(H,14,15,18)/t9-/m0/s1. The molecule has 0 saturated carbocycles. The van der Waals surface area contributed by atoms with Crippen LogP contribution in [0.1, 0.15) is 13.3 Å². The van der Waals surface area contributed by atoms with E-state index in [0.29, 0.717) is 23.9 Å². The molecular formula is C12H14BrN3O2S. The van der Waals surface area contributed by atoms with Crippen LogP contribution in [0.25, 0.3) is 0 Å². The zero-order valence-electron chi connectivity index (χ0n) is 10.4. The van der Waals surface area contributed by atoms with Crippen LogP contribution in [0.4, 0.5) is 5.82 Å². The molecule has 1 fully saturated rings. The van der Waals surface area contributed by atoms with Gasteiger partial charge in [0.25, 0.3) is 0 Å². The Kier molecular flexibility index (Phi) is 4.81. The zero-order chi connectivity index (χ0) is 13.8. The van der Waals surface area contributed by atoms with Crippen molar-refractivity contribution in [1.82, 2.24) is 9.88 Å². The lowest BCUT2D eigenvalue weighted by atomic mass is 10.2. The number of hydrogen-bond donors (Lipinski definition) is 1. The summed E-state index contributed by atoms with van der Waals surface area (Å²) >= 11 is 4.88. The Morgan fingerprint density at radius 1 is 1.58 bits per heavy atom. The molecule has 0 radical (unpaired) electrons. The largest absolute Gasteiger partial charge is 0.321 e. The Hall–Kier alpha value is -1.08. The molecule has 102 valence electrons. The van der Waals surface area contributed by atoms with E-state index in [1.54, 1.807) is 41.9 Å². The van der Waals surface area contributed by atoms with Gasteiger partial charge in [-0.25, -0.2) is 4.98 Å². The molecule has 0 aromatic carbocycles. The molecule has 1 N–H and O–H groups in total. The summed E-state index contributed by atoms with van der Waals surface area (Å²) in [5.41, 5.74) is 0. The predicted molar refractivity (Wildman–Crippen MR) is 78.8 cm³/mol. The second kappa shape index (κ2) is 6.38. The maximum atomic E-state index is 12.2. The van der Waals surface area contributed by atoms with Crippen LogP contribution in [-0.4, -0.2) is 39.4 Å². The number of rotatable bonds is 3. The van der Waals surface area contributed by atoms with Crippen molar-refractivity contribution in [3.8, 4) is 0 Å². The molecule has 2 heterocycles. The Morgan fingerprint density at radius 3 is 3.00 bits per heavy atom. The van der Waals surface area contributed by atoms with E-state index in [1.807, 2.05) is 0 Å². The van der Waals surface area contributed by atoms with Crippen LogP contribution in [-0.2, 0) is 9.59 Å². The minimum Gasteiger partial charge on any atom is -0.321 e. The van der Waals surface area contributed by atoms with Crippen LogP contribution >= 0.6 is 27.7 Å². The summed E-state index contributed by atoms with van der Waals surface area (Å²) in [6, 6.07) is 3.12. The van der Waals surface area contributed by atoms with Crippen LogP contribution in [0.5, 0.6) is 0 Å². The number of nitrogens with zero attached hydrogens (tertiary/aromatic N) is 2. The van der Waals surface area contributed by atoms with E-state index in [0.717, 1.165) is 4.47 Å². The van der Waals surface area contributed by atoms with Gasteiger partial charge in [0, 0.05) is 22.8 Å². The zero-order valence-corrected chi connectivity index (χ0v) is 12.8. The van der Waals surface area contributed by atoms with Gasteiger partial charge >= 0.3 is 0 Å². The molecule has 2 amide bonds. The Labute approximate surface area is 124 Å². The topological polar surface area (TPSA) is 62.3 Å². The molecule has 1 aromatic rings. The van der Waals surface area contributed by atoms with E-state index in [9.17, 15) is 9.59 Å². The molecule has 0 aliphatic carbocycles. The van der Waals surface area contributed by atoms with Gasteiger partial charge < -0.3 is 10.2 Å². The normalized spacial score (nSPS) is 18.4. The third-order valence-corrected chi connectivity index (χ3v) is 4.27. The number of halogens is 1. The Balaban J connectivity index is 2.03. The molecule has 0 unspecified atom stereocenters. The summed E-state index contributed by atoms with van der Waals surface area (Å²) < 4.78 is 0.852. The van der Waals surface area contributed by atoms with Crippen LogP contribution in [0, 0.1) is 0 Å². The number of nitrogens with one attached hydrogen (secondary N) is 1. The first-order valence-corrected chi connectivity index (χ1v) is 7.86. The second-order valence-corrected chi connectivity index (χ2v) is 6.00. The van der Waals surface area contributed by atoms with Gasteiger partial charge in [0.1, 0.15) is 11.9 Å². The van der Waals surface area contributed by atoms with Crippen molar-refractivity contribution in [2.45, 2.75) is 19.4 Å². The second-order valence-electron chi connectivity index (χ2n) is 4.08. The first kappa shape index (κ1) is 14.3. The van der Waals surface area contributed by atoms with Crippen molar-refractivity contribution in [1.29, 1.82) is 0 Å². The van der Waals surface area contributed by atoms with Gasteiger partial charge in [-0.15, -0.1) is 11.8 Å². The lowest BCUT2D eigenvalue weighted by molar-refractivity contribution is -0.135. The molecular weight excluding hydrogens is 330 g/mol. The minimum absolute atomic E-state index is 0.00825. The molecule has 5 nitrogen and oxygen atoms in total. The fraction of sp³-hybridized carbons (Fsp3) is 0.417. The van der Waals surface area contributed by atoms with Gasteiger partial charge in [-0.05, 0) is 28.1 Å². The first-order valence-electron chi connectivity index (χ1n) is 5.91. The summed E-state index contributed by atoms with van der Waals surface area (Å²) in [6.45, 7) is 1.80. The Morgan fingerprint density at radius 2 is 2.37 bits per heavy atom. The maximum Gasteiger partial charge on any atom is 0.249 e. The van der Waals surface area contributed by atoms with E-state index in [4.69, 9.17) is 0 Å². The molecule has 1 saturated heterocycles. The van der Waals surface area contributed by atoms with E-state index in [-0.39, 0.29) is 11.8 Å². The Bertz CT molecular complexity index is 480. The van der Waals surface area contributed by atoms with Crippen LogP contribution in [0.3, 0.4) is 0 Å². The molecule has 1 aliphatic heterocycles. The highest BCUT2D eigenvalue weighted by Gasteiger charge is 2.33. The van der Waals surface area contributed by atoms with Gasteiger partial charge in [-0.3, -0.25) is 9.59 Å². The van der Waals surface area contributed by atoms with Crippen molar-refractivity contribution < 1.29 is 9.59 Å². The maximum absolute atomic E-state index is 12.2. The highest BCUT2D eigenvalue weighted by Crippen LogP contribution is 2.22. The quantitative estimate of drug-likeness (QED) is 0.912. The number of pyridine rings is 1. The SMILES string of the molecule is CCC(=O)N1CSC[C@H]1C(=O)Nc1ccc(Br)cn1. The van der Waals surface area contributed by atoms with E-state index < -0.39 is 6.04 Å². The summed E-state index contributed by atoms with van der Waals surface area (Å²) in [5, 5.41) is 2.74. The van der Waals surface area contributed by atoms with Gasteiger partial charge in [-0.1, -0.05) is 6.92 Å². The number of carbonyl (C=O) groups excluding carboxylic acids is 2. The molecule has 1 aliphatic rings. The number of hydrogen-bond acceptors (Lipinski definition) is 4. The van der Waals surface area contributed by atoms with E-state index in [2.05, 4.69) is 26.2 Å². The van der Waals surface area contributed by atoms with Gasteiger partial charge in [0.15, 0.2) is 0 Å². The molecule has 2 rings (SSSR count).